The van der Waals surface area contributed by atoms with Gasteiger partial charge in [-0.05, 0) is 31.2 Å². The molecule has 0 aliphatic rings. The second-order valence-corrected chi connectivity index (χ2v) is 6.55. The van der Waals surface area contributed by atoms with Gasteiger partial charge in [-0.3, -0.25) is 4.79 Å². The largest absolute Gasteiger partial charge is 0.341 e. The first-order valence-corrected chi connectivity index (χ1v) is 8.24. The van der Waals surface area contributed by atoms with Gasteiger partial charge in [-0.15, -0.1) is 0 Å². The van der Waals surface area contributed by atoms with E-state index >= 15 is 0 Å². The highest BCUT2D eigenvalue weighted by molar-refractivity contribution is 7.99. The Bertz CT molecular complexity index is 725. The lowest BCUT2D eigenvalue weighted by atomic mass is 10.2. The molecule has 2 N–H and O–H groups in total. The van der Waals surface area contributed by atoms with E-state index in [9.17, 15) is 9.59 Å². The van der Waals surface area contributed by atoms with Crippen LogP contribution in [0.5, 0.6) is 0 Å². The Morgan fingerprint density at radius 1 is 1.04 bits per heavy atom. The zero-order valence-electron chi connectivity index (χ0n) is 12.4. The number of benzene rings is 2. The predicted octanol–water partition coefficient (Wildman–Crippen LogP) is 5.10. The summed E-state index contributed by atoms with van der Waals surface area (Å²) in [6.45, 7) is 1.52. The van der Waals surface area contributed by atoms with Crippen LogP contribution in [0.3, 0.4) is 0 Å². The van der Waals surface area contributed by atoms with E-state index in [0.717, 1.165) is 4.90 Å². The van der Waals surface area contributed by atoms with E-state index in [4.69, 9.17) is 23.2 Å². The average molecular weight is 369 g/mol. The molecular formula is C16H14Cl2N2O2S. The zero-order valence-corrected chi connectivity index (χ0v) is 14.8. The maximum Gasteiger partial charge on any atom is 0.318 e. The molecule has 2 aromatic carbocycles. The molecule has 0 unspecified atom stereocenters. The molecule has 0 spiro atoms. The molecule has 7 heteroatoms. The van der Waals surface area contributed by atoms with Crippen molar-refractivity contribution in [3.63, 3.8) is 0 Å². The summed E-state index contributed by atoms with van der Waals surface area (Å²) in [6.07, 6.45) is 0. The van der Waals surface area contributed by atoms with Crippen LogP contribution < -0.4 is 10.6 Å². The van der Waals surface area contributed by atoms with Gasteiger partial charge in [0.25, 0.3) is 0 Å². The second-order valence-electron chi connectivity index (χ2n) is 4.66. The predicted molar refractivity (Wildman–Crippen MR) is 95.1 cm³/mol. The number of hydrogen-bond donors (Lipinski definition) is 2. The van der Waals surface area contributed by atoms with Gasteiger partial charge < -0.3 is 10.6 Å². The third-order valence-corrected chi connectivity index (χ3v) is 4.94. The summed E-state index contributed by atoms with van der Waals surface area (Å²) in [6, 6.07) is 10.1. The number of nitrogens with one attached hydrogen (secondary N) is 2. The summed E-state index contributed by atoms with van der Waals surface area (Å²) >= 11 is 13.9. The van der Waals surface area contributed by atoms with Crippen molar-refractivity contribution in [1.82, 2.24) is 5.32 Å². The first kappa shape index (κ1) is 17.7. The number of urea groups is 1. The summed E-state index contributed by atoms with van der Waals surface area (Å²) in [5.74, 6) is 0.0160. The van der Waals surface area contributed by atoms with Crippen LogP contribution >= 0.6 is 35.0 Å². The van der Waals surface area contributed by atoms with Gasteiger partial charge in [-0.2, -0.15) is 0 Å². The number of carbonyl (C=O) groups is 2. The van der Waals surface area contributed by atoms with Crippen LogP contribution in [-0.4, -0.2) is 18.9 Å². The SMILES string of the molecule is CNC(=O)Nc1cc(Cl)c(Sc2ccc(C(C)=O)cc2)c(Cl)c1. The molecule has 120 valence electrons. The van der Waals surface area contributed by atoms with Gasteiger partial charge in [0.15, 0.2) is 5.78 Å². The summed E-state index contributed by atoms with van der Waals surface area (Å²) < 4.78 is 0. The molecule has 0 radical (unpaired) electrons. The molecule has 23 heavy (non-hydrogen) atoms. The summed E-state index contributed by atoms with van der Waals surface area (Å²) in [5.41, 5.74) is 1.16. The zero-order chi connectivity index (χ0) is 17.0. The lowest BCUT2D eigenvalue weighted by Crippen LogP contribution is -2.24. The van der Waals surface area contributed by atoms with Crippen molar-refractivity contribution in [3.05, 3.63) is 52.0 Å². The number of anilines is 1. The standard InChI is InChI=1S/C16H14Cl2N2O2S/c1-9(21)10-3-5-12(6-4-10)23-15-13(17)7-11(8-14(15)18)20-16(22)19-2/h3-8H,1-2H3,(H2,19,20,22). The fourth-order valence-electron chi connectivity index (χ4n) is 1.80. The van der Waals surface area contributed by atoms with Gasteiger partial charge in [0.1, 0.15) is 0 Å². The van der Waals surface area contributed by atoms with Crippen LogP contribution in [-0.2, 0) is 0 Å². The van der Waals surface area contributed by atoms with E-state index in [1.165, 1.54) is 25.7 Å². The smallest absolute Gasteiger partial charge is 0.318 e. The van der Waals surface area contributed by atoms with E-state index in [-0.39, 0.29) is 11.8 Å². The molecule has 2 aromatic rings. The lowest BCUT2D eigenvalue weighted by Gasteiger charge is -2.11. The molecule has 0 aliphatic carbocycles. The van der Waals surface area contributed by atoms with Gasteiger partial charge in [0.2, 0.25) is 0 Å². The van der Waals surface area contributed by atoms with Gasteiger partial charge in [-0.25, -0.2) is 4.79 Å². The van der Waals surface area contributed by atoms with E-state index in [1.807, 2.05) is 12.1 Å². The highest BCUT2D eigenvalue weighted by Gasteiger charge is 2.12. The molecule has 0 saturated heterocycles. The average Bonchev–Trinajstić information content (AvgIpc) is 2.51. The van der Waals surface area contributed by atoms with Crippen molar-refractivity contribution in [2.75, 3.05) is 12.4 Å². The third kappa shape index (κ3) is 4.64. The minimum absolute atomic E-state index is 0.0160. The van der Waals surface area contributed by atoms with Crippen LogP contribution in [0.4, 0.5) is 10.5 Å². The lowest BCUT2D eigenvalue weighted by molar-refractivity contribution is 0.101. The topological polar surface area (TPSA) is 58.2 Å². The quantitative estimate of drug-likeness (QED) is 0.738. The Hall–Kier alpha value is -1.69. The summed E-state index contributed by atoms with van der Waals surface area (Å²) in [7, 11) is 1.52. The molecule has 0 aromatic heterocycles. The summed E-state index contributed by atoms with van der Waals surface area (Å²) in [5, 5.41) is 5.94. The Balaban J connectivity index is 2.23. The number of halogens is 2. The number of ketones is 1. The molecule has 0 aliphatic heterocycles. The number of rotatable bonds is 4. The number of amides is 2. The fourth-order valence-corrected chi connectivity index (χ4v) is 3.34. The molecular weight excluding hydrogens is 355 g/mol. The maximum absolute atomic E-state index is 11.3. The Labute approximate surface area is 148 Å². The van der Waals surface area contributed by atoms with Gasteiger partial charge in [0, 0.05) is 28.1 Å². The van der Waals surface area contributed by atoms with E-state index in [1.54, 1.807) is 24.3 Å². The highest BCUT2D eigenvalue weighted by atomic mass is 35.5. The minimum Gasteiger partial charge on any atom is -0.341 e. The van der Waals surface area contributed by atoms with Crippen molar-refractivity contribution in [3.8, 4) is 0 Å². The number of hydrogen-bond acceptors (Lipinski definition) is 3. The molecule has 0 atom stereocenters. The molecule has 0 heterocycles. The Morgan fingerprint density at radius 2 is 1.61 bits per heavy atom. The van der Waals surface area contributed by atoms with Crippen molar-refractivity contribution in [2.24, 2.45) is 0 Å². The Kier molecular flexibility index (Phi) is 5.93. The number of carbonyl (C=O) groups excluding carboxylic acids is 2. The molecule has 2 amide bonds. The van der Waals surface area contributed by atoms with E-state index in [0.29, 0.717) is 26.2 Å². The van der Waals surface area contributed by atoms with Gasteiger partial charge in [-0.1, -0.05) is 47.1 Å². The molecule has 0 saturated carbocycles. The van der Waals surface area contributed by atoms with Crippen molar-refractivity contribution >= 4 is 52.5 Å². The van der Waals surface area contributed by atoms with Crippen LogP contribution in [0.1, 0.15) is 17.3 Å². The molecule has 0 fully saturated rings. The van der Waals surface area contributed by atoms with Crippen LogP contribution in [0.25, 0.3) is 0 Å². The maximum atomic E-state index is 11.3. The fraction of sp³-hybridized carbons (Fsp3) is 0.125. The van der Waals surface area contributed by atoms with E-state index < -0.39 is 0 Å². The van der Waals surface area contributed by atoms with Crippen LogP contribution in [0, 0.1) is 0 Å². The summed E-state index contributed by atoms with van der Waals surface area (Å²) in [4.78, 5) is 24.2. The normalized spacial score (nSPS) is 10.3. The molecule has 2 rings (SSSR count). The minimum atomic E-state index is -0.350. The first-order valence-electron chi connectivity index (χ1n) is 6.67. The second kappa shape index (κ2) is 7.73. The highest BCUT2D eigenvalue weighted by Crippen LogP contribution is 2.40. The third-order valence-electron chi connectivity index (χ3n) is 2.96. The monoisotopic (exact) mass is 368 g/mol. The van der Waals surface area contributed by atoms with Crippen molar-refractivity contribution in [2.45, 2.75) is 16.7 Å². The Morgan fingerprint density at radius 3 is 2.09 bits per heavy atom. The van der Waals surface area contributed by atoms with Crippen LogP contribution in [0.15, 0.2) is 46.2 Å². The van der Waals surface area contributed by atoms with Crippen molar-refractivity contribution < 1.29 is 9.59 Å². The van der Waals surface area contributed by atoms with Gasteiger partial charge in [0.05, 0.1) is 10.0 Å². The van der Waals surface area contributed by atoms with Crippen LogP contribution in [0.2, 0.25) is 10.0 Å². The van der Waals surface area contributed by atoms with E-state index in [2.05, 4.69) is 10.6 Å². The molecule has 4 nitrogen and oxygen atoms in total. The molecule has 0 bridgehead atoms. The van der Waals surface area contributed by atoms with Gasteiger partial charge >= 0.3 is 6.03 Å². The first-order chi connectivity index (χ1) is 10.9. The van der Waals surface area contributed by atoms with Crippen molar-refractivity contribution in [1.29, 1.82) is 0 Å². The number of Topliss-reactive ketones (excluding diaryl/α,β-unsaturated/α-hetero) is 1.